The molecule has 0 aliphatic heterocycles. The lowest BCUT2D eigenvalue weighted by Crippen LogP contribution is -2.15. The predicted octanol–water partition coefficient (Wildman–Crippen LogP) is -0.650. The third kappa shape index (κ3) is 17.6. The number of aliphatic hydroxyl groups excluding tert-OH is 2. The van der Waals surface area contributed by atoms with Crippen LogP contribution >= 0.6 is 0 Å². The lowest BCUT2D eigenvalue weighted by atomic mass is 10.6. The van der Waals surface area contributed by atoms with Gasteiger partial charge >= 0.3 is 0 Å². The molecule has 0 aliphatic rings. The molecule has 20 heavy (non-hydrogen) atoms. The van der Waals surface area contributed by atoms with Gasteiger partial charge in [0.05, 0.1) is 66.1 Å². The van der Waals surface area contributed by atoms with Crippen LogP contribution in [0.1, 0.15) is 0 Å². The van der Waals surface area contributed by atoms with Crippen molar-refractivity contribution < 1.29 is 38.3 Å². The van der Waals surface area contributed by atoms with E-state index in [0.29, 0.717) is 52.9 Å². The molecular formula is C12H25FO7. The van der Waals surface area contributed by atoms with Crippen molar-refractivity contribution in [1.82, 2.24) is 0 Å². The van der Waals surface area contributed by atoms with Crippen LogP contribution in [0.2, 0.25) is 0 Å². The third-order valence-electron chi connectivity index (χ3n) is 1.98. The first-order chi connectivity index (χ1) is 9.77. The largest absolute Gasteiger partial charge is 0.394 e. The standard InChI is InChI=1S/C12H25FO7/c13-12(15)11-20-10-9-19-8-7-18-6-5-17-4-3-16-2-1-14/h12,14-15H,1-11H2. The van der Waals surface area contributed by atoms with E-state index in [4.69, 9.17) is 33.9 Å². The van der Waals surface area contributed by atoms with Crippen LogP contribution in [0.4, 0.5) is 4.39 Å². The van der Waals surface area contributed by atoms with Crippen LogP contribution in [0.15, 0.2) is 0 Å². The van der Waals surface area contributed by atoms with Gasteiger partial charge < -0.3 is 33.9 Å². The van der Waals surface area contributed by atoms with E-state index in [-0.39, 0.29) is 19.8 Å². The molecule has 0 heterocycles. The van der Waals surface area contributed by atoms with E-state index in [1.54, 1.807) is 0 Å². The van der Waals surface area contributed by atoms with Crippen LogP contribution in [0, 0.1) is 0 Å². The summed E-state index contributed by atoms with van der Waals surface area (Å²) in [5.41, 5.74) is 0. The van der Waals surface area contributed by atoms with Crippen molar-refractivity contribution in [2.45, 2.75) is 6.36 Å². The van der Waals surface area contributed by atoms with Gasteiger partial charge in [0.25, 0.3) is 0 Å². The number of aliphatic hydroxyl groups is 2. The van der Waals surface area contributed by atoms with Crippen molar-refractivity contribution in [3.63, 3.8) is 0 Å². The fourth-order valence-electron chi connectivity index (χ4n) is 1.12. The van der Waals surface area contributed by atoms with E-state index in [1.807, 2.05) is 0 Å². The van der Waals surface area contributed by atoms with Crippen LogP contribution in [0.25, 0.3) is 0 Å². The Morgan fingerprint density at radius 2 is 1.00 bits per heavy atom. The Hall–Kier alpha value is -0.350. The third-order valence-corrected chi connectivity index (χ3v) is 1.98. The second-order valence-electron chi connectivity index (χ2n) is 3.68. The van der Waals surface area contributed by atoms with Gasteiger partial charge in [-0.2, -0.15) is 0 Å². The first-order valence-corrected chi connectivity index (χ1v) is 6.59. The number of alkyl halides is 1. The maximum absolute atomic E-state index is 11.9. The summed E-state index contributed by atoms with van der Waals surface area (Å²) >= 11 is 0. The molecule has 0 aromatic carbocycles. The number of ether oxygens (including phenoxy) is 5. The summed E-state index contributed by atoms with van der Waals surface area (Å²) in [7, 11) is 0. The predicted molar refractivity (Wildman–Crippen MR) is 68.3 cm³/mol. The first-order valence-electron chi connectivity index (χ1n) is 6.59. The molecule has 0 aliphatic carbocycles. The van der Waals surface area contributed by atoms with Crippen molar-refractivity contribution in [3.8, 4) is 0 Å². The normalized spacial score (nSPS) is 12.8. The summed E-state index contributed by atoms with van der Waals surface area (Å²) in [6.07, 6.45) is -1.94. The minimum atomic E-state index is -1.94. The molecule has 0 rings (SSSR count). The summed E-state index contributed by atoms with van der Waals surface area (Å²) in [6.45, 7) is 3.29. The zero-order valence-electron chi connectivity index (χ0n) is 11.7. The van der Waals surface area contributed by atoms with Crippen LogP contribution in [-0.2, 0) is 23.7 Å². The van der Waals surface area contributed by atoms with E-state index in [9.17, 15) is 4.39 Å². The molecule has 8 heteroatoms. The Bertz CT molecular complexity index is 183. The van der Waals surface area contributed by atoms with Gasteiger partial charge in [0.2, 0.25) is 6.36 Å². The monoisotopic (exact) mass is 300 g/mol. The minimum absolute atomic E-state index is 0.0164. The Morgan fingerprint density at radius 3 is 1.35 bits per heavy atom. The molecule has 0 bridgehead atoms. The highest BCUT2D eigenvalue weighted by molar-refractivity contribution is 4.37. The van der Waals surface area contributed by atoms with Crippen molar-refractivity contribution in [3.05, 3.63) is 0 Å². The average molecular weight is 300 g/mol. The molecule has 0 amide bonds. The average Bonchev–Trinajstić information content (AvgIpc) is 2.43. The summed E-state index contributed by atoms with van der Waals surface area (Å²) in [6, 6.07) is 0. The summed E-state index contributed by atoms with van der Waals surface area (Å²) in [4.78, 5) is 0. The fraction of sp³-hybridized carbons (Fsp3) is 1.00. The molecule has 0 spiro atoms. The number of halogens is 1. The quantitative estimate of drug-likeness (QED) is 0.366. The van der Waals surface area contributed by atoms with E-state index in [0.717, 1.165) is 0 Å². The molecular weight excluding hydrogens is 275 g/mol. The highest BCUT2D eigenvalue weighted by Crippen LogP contribution is 1.87. The van der Waals surface area contributed by atoms with Crippen LogP contribution in [-0.4, -0.2) is 89.2 Å². The zero-order valence-corrected chi connectivity index (χ0v) is 11.7. The number of hydrogen-bond acceptors (Lipinski definition) is 7. The van der Waals surface area contributed by atoms with Gasteiger partial charge in [0.1, 0.15) is 6.61 Å². The zero-order chi connectivity index (χ0) is 14.9. The molecule has 0 saturated carbocycles. The Morgan fingerprint density at radius 1 is 0.650 bits per heavy atom. The van der Waals surface area contributed by atoms with Crippen LogP contribution < -0.4 is 0 Å². The molecule has 1 atom stereocenters. The Labute approximate surface area is 118 Å². The van der Waals surface area contributed by atoms with Gasteiger partial charge in [0.15, 0.2) is 0 Å². The highest BCUT2D eigenvalue weighted by Gasteiger charge is 1.98. The molecule has 0 aromatic heterocycles. The fourth-order valence-corrected chi connectivity index (χ4v) is 1.12. The van der Waals surface area contributed by atoms with Gasteiger partial charge in [-0.1, -0.05) is 0 Å². The topological polar surface area (TPSA) is 86.6 Å². The molecule has 1 unspecified atom stereocenters. The van der Waals surface area contributed by atoms with E-state index < -0.39 is 6.36 Å². The summed E-state index contributed by atoms with van der Waals surface area (Å²) in [5.74, 6) is 0. The lowest BCUT2D eigenvalue weighted by molar-refractivity contribution is -0.0556. The summed E-state index contributed by atoms with van der Waals surface area (Å²) < 4.78 is 37.3. The Balaban J connectivity index is 2.92. The highest BCUT2D eigenvalue weighted by atomic mass is 19.1. The van der Waals surface area contributed by atoms with E-state index >= 15 is 0 Å². The minimum Gasteiger partial charge on any atom is -0.394 e. The molecule has 122 valence electrons. The molecule has 2 N–H and O–H groups in total. The van der Waals surface area contributed by atoms with E-state index in [1.165, 1.54) is 0 Å². The Kier molecular flexibility index (Phi) is 16.4. The van der Waals surface area contributed by atoms with Crippen LogP contribution in [0.3, 0.4) is 0 Å². The van der Waals surface area contributed by atoms with Gasteiger partial charge in [0, 0.05) is 0 Å². The van der Waals surface area contributed by atoms with Gasteiger partial charge in [-0.15, -0.1) is 0 Å². The molecule has 0 radical (unpaired) electrons. The van der Waals surface area contributed by atoms with Gasteiger partial charge in [-0.3, -0.25) is 0 Å². The molecule has 0 aromatic rings. The van der Waals surface area contributed by atoms with Crippen molar-refractivity contribution >= 4 is 0 Å². The molecule has 7 nitrogen and oxygen atoms in total. The number of hydrogen-bond donors (Lipinski definition) is 2. The van der Waals surface area contributed by atoms with Crippen molar-refractivity contribution in [2.24, 2.45) is 0 Å². The first kappa shape index (κ1) is 19.7. The van der Waals surface area contributed by atoms with Crippen molar-refractivity contribution in [2.75, 3.05) is 72.7 Å². The summed E-state index contributed by atoms with van der Waals surface area (Å²) in [5, 5.41) is 16.7. The van der Waals surface area contributed by atoms with Crippen LogP contribution in [0.5, 0.6) is 0 Å². The molecule has 0 fully saturated rings. The second kappa shape index (κ2) is 16.7. The van der Waals surface area contributed by atoms with Gasteiger partial charge in [-0.25, -0.2) is 4.39 Å². The maximum atomic E-state index is 11.9. The maximum Gasteiger partial charge on any atom is 0.220 e. The SMILES string of the molecule is OCCOCCOCCOCCOCCOCC(O)F. The molecule has 0 saturated heterocycles. The van der Waals surface area contributed by atoms with Crippen molar-refractivity contribution in [1.29, 1.82) is 0 Å². The smallest absolute Gasteiger partial charge is 0.220 e. The second-order valence-corrected chi connectivity index (χ2v) is 3.68. The number of rotatable bonds is 16. The van der Waals surface area contributed by atoms with E-state index in [2.05, 4.69) is 0 Å². The van der Waals surface area contributed by atoms with Gasteiger partial charge in [-0.05, 0) is 0 Å². The lowest BCUT2D eigenvalue weighted by Gasteiger charge is -2.07.